The number of amides is 2. The molecule has 4 N–H and O–H groups in total. The topological polar surface area (TPSA) is 139 Å². The largest absolute Gasteiger partial charge is 0.374 e. The molecule has 2 amide bonds. The van der Waals surface area contributed by atoms with Crippen LogP contribution in [0.5, 0.6) is 0 Å². The number of ether oxygens (including phenoxy) is 1. The maximum atomic E-state index is 12.3. The number of fused-ring (bicyclic) bond motifs is 1. The van der Waals surface area contributed by atoms with Gasteiger partial charge in [0.1, 0.15) is 5.52 Å². The number of morpholine rings is 1. The zero-order chi connectivity index (χ0) is 25.6. The van der Waals surface area contributed by atoms with Crippen molar-refractivity contribution >= 4 is 34.4 Å². The number of carbonyl (C=O) groups excluding carboxylic acids is 2. The highest BCUT2D eigenvalue weighted by atomic mass is 16.5. The Balaban J connectivity index is 1.26. The van der Waals surface area contributed by atoms with Crippen LogP contribution in [0, 0.1) is 0 Å². The van der Waals surface area contributed by atoms with Gasteiger partial charge in [0.15, 0.2) is 5.82 Å². The monoisotopic (exact) mass is 504 g/mol. The Hall–Kier alpha value is -3.83. The number of hydrogen-bond donors (Lipinski definition) is 3. The lowest BCUT2D eigenvalue weighted by Crippen LogP contribution is -2.48. The van der Waals surface area contributed by atoms with Crippen molar-refractivity contribution in [2.24, 2.45) is 5.73 Å². The minimum Gasteiger partial charge on any atom is -0.374 e. The van der Waals surface area contributed by atoms with Gasteiger partial charge in [0.05, 0.1) is 23.9 Å². The first-order valence-corrected chi connectivity index (χ1v) is 12.7. The maximum absolute atomic E-state index is 12.3. The molecule has 194 valence electrons. The predicted molar refractivity (Wildman–Crippen MR) is 141 cm³/mol. The van der Waals surface area contributed by atoms with E-state index in [1.165, 1.54) is 0 Å². The summed E-state index contributed by atoms with van der Waals surface area (Å²) in [6.07, 6.45) is 3.70. The van der Waals surface area contributed by atoms with Crippen molar-refractivity contribution < 1.29 is 14.3 Å². The number of carbonyl (C=O) groups is 2. The molecule has 0 bridgehead atoms. The second kappa shape index (κ2) is 11.5. The van der Waals surface area contributed by atoms with Gasteiger partial charge in [0.25, 0.3) is 0 Å². The van der Waals surface area contributed by atoms with E-state index in [1.807, 2.05) is 6.07 Å². The van der Waals surface area contributed by atoms with Gasteiger partial charge < -0.3 is 30.9 Å². The summed E-state index contributed by atoms with van der Waals surface area (Å²) in [5, 5.41) is 6.76. The molecule has 2 saturated heterocycles. The van der Waals surface area contributed by atoms with Crippen molar-refractivity contribution in [2.75, 3.05) is 62.6 Å². The van der Waals surface area contributed by atoms with E-state index in [1.54, 1.807) is 17.3 Å². The van der Waals surface area contributed by atoms with Crippen LogP contribution in [-0.2, 0) is 14.3 Å². The van der Waals surface area contributed by atoms with Crippen LogP contribution in [0.25, 0.3) is 22.3 Å². The summed E-state index contributed by atoms with van der Waals surface area (Å²) < 4.78 is 5.80. The molecule has 2 aliphatic heterocycles. The zero-order valence-corrected chi connectivity index (χ0v) is 20.7. The van der Waals surface area contributed by atoms with Gasteiger partial charge >= 0.3 is 0 Å². The Bertz CT molecular complexity index is 1240. The standard InChI is InChI=1S/C26H32N8O3/c27-23(35)5-6-24(36)34-12-10-33(11-13-34)19-3-1-18(2-4-19)21-15-22-25(30-8-7-29-22)26(32-21)31-17-20-16-28-9-14-37-20/h1-4,7-8,15,20,28H,5-6,9-14,16-17H2,(H2,27,35)(H,31,32)/t20-/m0/s1. The summed E-state index contributed by atoms with van der Waals surface area (Å²) in [4.78, 5) is 41.2. The van der Waals surface area contributed by atoms with Crippen LogP contribution in [0.4, 0.5) is 11.5 Å². The number of hydrogen-bond acceptors (Lipinski definition) is 9. The fraction of sp³-hybridized carbons (Fsp3) is 0.423. The van der Waals surface area contributed by atoms with Crippen molar-refractivity contribution in [3.8, 4) is 11.3 Å². The molecule has 1 atom stereocenters. The van der Waals surface area contributed by atoms with Gasteiger partial charge in [0.2, 0.25) is 11.8 Å². The van der Waals surface area contributed by atoms with Gasteiger partial charge in [-0.25, -0.2) is 9.97 Å². The minimum absolute atomic E-state index is 0.0185. The molecular weight excluding hydrogens is 472 g/mol. The smallest absolute Gasteiger partial charge is 0.223 e. The molecule has 11 nitrogen and oxygen atoms in total. The van der Waals surface area contributed by atoms with E-state index in [2.05, 4.69) is 49.8 Å². The molecule has 2 aromatic heterocycles. The van der Waals surface area contributed by atoms with Crippen molar-refractivity contribution in [2.45, 2.75) is 18.9 Å². The van der Waals surface area contributed by atoms with Gasteiger partial charge in [-0.2, -0.15) is 0 Å². The van der Waals surface area contributed by atoms with Crippen LogP contribution in [0.1, 0.15) is 12.8 Å². The summed E-state index contributed by atoms with van der Waals surface area (Å²) >= 11 is 0. The fourth-order valence-electron chi connectivity index (χ4n) is 4.65. The maximum Gasteiger partial charge on any atom is 0.223 e. The minimum atomic E-state index is -0.446. The summed E-state index contributed by atoms with van der Waals surface area (Å²) in [7, 11) is 0. The second-order valence-corrected chi connectivity index (χ2v) is 9.24. The molecule has 2 fully saturated rings. The van der Waals surface area contributed by atoms with Crippen molar-refractivity contribution in [1.29, 1.82) is 0 Å². The number of nitrogens with two attached hydrogens (primary N) is 1. The van der Waals surface area contributed by atoms with Crippen LogP contribution in [-0.4, -0.2) is 90.2 Å². The first kappa shape index (κ1) is 24.8. The van der Waals surface area contributed by atoms with Crippen LogP contribution in [0.3, 0.4) is 0 Å². The first-order valence-electron chi connectivity index (χ1n) is 12.7. The quantitative estimate of drug-likeness (QED) is 0.410. The number of pyridine rings is 1. The van der Waals surface area contributed by atoms with E-state index in [0.717, 1.165) is 54.2 Å². The molecular formula is C26H32N8O3. The summed E-state index contributed by atoms with van der Waals surface area (Å²) in [5.74, 6) is 0.226. The molecule has 37 heavy (non-hydrogen) atoms. The van der Waals surface area contributed by atoms with Crippen molar-refractivity contribution in [3.63, 3.8) is 0 Å². The number of piperazine rings is 1. The van der Waals surface area contributed by atoms with Crippen LogP contribution in [0.15, 0.2) is 42.7 Å². The first-order chi connectivity index (χ1) is 18.1. The third-order valence-electron chi connectivity index (χ3n) is 6.70. The molecule has 0 unspecified atom stereocenters. The third-order valence-corrected chi connectivity index (χ3v) is 6.70. The average Bonchev–Trinajstić information content (AvgIpc) is 2.95. The van der Waals surface area contributed by atoms with Gasteiger partial charge in [-0.1, -0.05) is 12.1 Å². The average molecular weight is 505 g/mol. The van der Waals surface area contributed by atoms with Crippen LogP contribution >= 0.6 is 0 Å². The lowest BCUT2D eigenvalue weighted by atomic mass is 10.1. The Labute approximate surface area is 215 Å². The molecule has 11 heteroatoms. The molecule has 0 aliphatic carbocycles. The van der Waals surface area contributed by atoms with Crippen molar-refractivity contribution in [1.82, 2.24) is 25.2 Å². The Morgan fingerprint density at radius 3 is 2.59 bits per heavy atom. The summed E-state index contributed by atoms with van der Waals surface area (Å²) in [5.41, 5.74) is 9.56. The molecule has 4 heterocycles. The van der Waals surface area contributed by atoms with E-state index in [-0.39, 0.29) is 24.9 Å². The van der Waals surface area contributed by atoms with Gasteiger partial charge in [0, 0.05) is 82.3 Å². The summed E-state index contributed by atoms with van der Waals surface area (Å²) in [6, 6.07) is 10.2. The van der Waals surface area contributed by atoms with Gasteiger partial charge in [-0.15, -0.1) is 0 Å². The molecule has 1 aromatic carbocycles. The van der Waals surface area contributed by atoms with E-state index in [0.29, 0.717) is 32.1 Å². The van der Waals surface area contributed by atoms with E-state index in [4.69, 9.17) is 15.5 Å². The number of benzene rings is 1. The zero-order valence-electron chi connectivity index (χ0n) is 20.7. The molecule has 3 aromatic rings. The highest BCUT2D eigenvalue weighted by molar-refractivity contribution is 5.88. The Morgan fingerprint density at radius 2 is 1.86 bits per heavy atom. The van der Waals surface area contributed by atoms with E-state index < -0.39 is 5.91 Å². The predicted octanol–water partition coefficient (Wildman–Crippen LogP) is 1.01. The van der Waals surface area contributed by atoms with Crippen molar-refractivity contribution in [3.05, 3.63) is 42.7 Å². The van der Waals surface area contributed by atoms with E-state index >= 15 is 0 Å². The van der Waals surface area contributed by atoms with E-state index in [9.17, 15) is 9.59 Å². The lowest BCUT2D eigenvalue weighted by molar-refractivity contribution is -0.133. The van der Waals surface area contributed by atoms with Gasteiger partial charge in [-0.3, -0.25) is 14.6 Å². The molecule has 0 radical (unpaired) electrons. The summed E-state index contributed by atoms with van der Waals surface area (Å²) in [6.45, 7) is 5.72. The second-order valence-electron chi connectivity index (χ2n) is 9.24. The fourth-order valence-corrected chi connectivity index (χ4v) is 4.65. The molecule has 2 aliphatic rings. The lowest BCUT2D eigenvalue weighted by Gasteiger charge is -2.36. The number of rotatable bonds is 8. The Kier molecular flexibility index (Phi) is 7.71. The highest BCUT2D eigenvalue weighted by Gasteiger charge is 2.22. The Morgan fingerprint density at radius 1 is 1.08 bits per heavy atom. The van der Waals surface area contributed by atoms with Crippen LogP contribution < -0.4 is 21.3 Å². The normalized spacial score (nSPS) is 18.1. The highest BCUT2D eigenvalue weighted by Crippen LogP contribution is 2.27. The molecule has 0 saturated carbocycles. The van der Waals surface area contributed by atoms with Crippen LogP contribution in [0.2, 0.25) is 0 Å². The molecule has 5 rings (SSSR count). The SMILES string of the molecule is NC(=O)CCC(=O)N1CCN(c2ccc(-c3cc4nccnc4c(NC[C@@H]4CNCCO4)n3)cc2)CC1. The number of nitrogens with zero attached hydrogens (tertiary/aromatic N) is 5. The number of anilines is 2. The van der Waals surface area contributed by atoms with Gasteiger partial charge in [-0.05, 0) is 18.2 Å². The molecule has 0 spiro atoms. The number of primary amides is 1. The number of nitrogens with one attached hydrogen (secondary N) is 2. The third kappa shape index (κ3) is 6.12. The number of aromatic nitrogens is 3.